The van der Waals surface area contributed by atoms with Crippen molar-refractivity contribution in [1.82, 2.24) is 0 Å². The number of ether oxygens (including phenoxy) is 1. The van der Waals surface area contributed by atoms with Gasteiger partial charge in [-0.3, -0.25) is 0 Å². The molecule has 1 heterocycles. The number of hydrogen-bond acceptors (Lipinski definition) is 3. The minimum absolute atomic E-state index is 0.301. The van der Waals surface area contributed by atoms with E-state index in [1.165, 1.54) is 11.1 Å². The van der Waals surface area contributed by atoms with Crippen molar-refractivity contribution in [2.45, 2.75) is 45.3 Å². The fourth-order valence-corrected chi connectivity index (χ4v) is 2.75. The lowest BCUT2D eigenvalue weighted by Gasteiger charge is -2.32. The molecule has 0 aromatic heterocycles. The highest BCUT2D eigenvalue weighted by molar-refractivity contribution is 6.62. The summed E-state index contributed by atoms with van der Waals surface area (Å²) < 4.78 is 17.4. The van der Waals surface area contributed by atoms with Crippen LogP contribution in [0.15, 0.2) is 48.5 Å². The van der Waals surface area contributed by atoms with E-state index in [9.17, 15) is 0 Å². The van der Waals surface area contributed by atoms with Crippen molar-refractivity contribution in [3.63, 3.8) is 0 Å². The molecule has 1 saturated heterocycles. The Bertz CT molecular complexity index is 674. The highest BCUT2D eigenvalue weighted by Crippen LogP contribution is 2.36. The topological polar surface area (TPSA) is 27.7 Å². The lowest BCUT2D eigenvalue weighted by molar-refractivity contribution is 0.00578. The first-order valence-corrected chi connectivity index (χ1v) is 8.38. The quantitative estimate of drug-likeness (QED) is 0.805. The second-order valence-electron chi connectivity index (χ2n) is 7.35. The van der Waals surface area contributed by atoms with Crippen LogP contribution in [0.5, 0.6) is 5.75 Å². The zero-order valence-corrected chi connectivity index (χ0v) is 15.1. The molecule has 24 heavy (non-hydrogen) atoms. The second kappa shape index (κ2) is 6.27. The average molecular weight is 324 g/mol. The van der Waals surface area contributed by atoms with Gasteiger partial charge in [-0.15, -0.1) is 0 Å². The molecule has 0 aliphatic carbocycles. The van der Waals surface area contributed by atoms with Crippen LogP contribution in [0.4, 0.5) is 0 Å². The predicted molar refractivity (Wildman–Crippen MR) is 98.0 cm³/mol. The first kappa shape index (κ1) is 17.1. The highest BCUT2D eigenvalue weighted by atomic mass is 16.7. The van der Waals surface area contributed by atoms with Gasteiger partial charge in [-0.2, -0.15) is 0 Å². The van der Waals surface area contributed by atoms with E-state index in [1.807, 2.05) is 12.1 Å². The Morgan fingerprint density at radius 2 is 1.25 bits per heavy atom. The molecule has 0 atom stereocenters. The molecule has 3 rings (SSSR count). The van der Waals surface area contributed by atoms with E-state index in [-0.39, 0.29) is 18.3 Å². The molecule has 126 valence electrons. The van der Waals surface area contributed by atoms with E-state index >= 15 is 0 Å². The number of benzene rings is 2. The van der Waals surface area contributed by atoms with Gasteiger partial charge >= 0.3 is 7.12 Å². The normalized spacial score (nSPS) is 18.6. The van der Waals surface area contributed by atoms with Crippen LogP contribution < -0.4 is 10.2 Å². The molecule has 0 unspecified atom stereocenters. The smallest absolute Gasteiger partial charge is 0.494 e. The summed E-state index contributed by atoms with van der Waals surface area (Å²) in [5, 5.41) is 0. The molecule has 0 spiro atoms. The summed E-state index contributed by atoms with van der Waals surface area (Å²) >= 11 is 0. The Balaban J connectivity index is 1.69. The number of methoxy groups -OCH3 is 1. The third-order valence-corrected chi connectivity index (χ3v) is 5.07. The van der Waals surface area contributed by atoms with Crippen LogP contribution >= 0.6 is 0 Å². The average Bonchev–Trinajstić information content (AvgIpc) is 2.77. The number of rotatable bonds is 4. The van der Waals surface area contributed by atoms with Crippen LogP contribution in [0.1, 0.15) is 38.8 Å². The Labute approximate surface area is 145 Å². The molecule has 0 N–H and O–H groups in total. The summed E-state index contributed by atoms with van der Waals surface area (Å²) in [6.07, 6.45) is 0.896. The zero-order valence-electron chi connectivity index (χ0n) is 15.1. The first-order chi connectivity index (χ1) is 11.3. The van der Waals surface area contributed by atoms with E-state index < -0.39 is 0 Å². The van der Waals surface area contributed by atoms with Crippen LogP contribution in [-0.2, 0) is 15.7 Å². The minimum atomic E-state index is -0.306. The van der Waals surface area contributed by atoms with Crippen molar-refractivity contribution >= 4 is 12.6 Å². The Hall–Kier alpha value is -1.78. The third-order valence-electron chi connectivity index (χ3n) is 5.07. The molecule has 2 aromatic carbocycles. The van der Waals surface area contributed by atoms with Gasteiger partial charge in [0.1, 0.15) is 5.75 Å². The van der Waals surface area contributed by atoms with Crippen LogP contribution in [0, 0.1) is 0 Å². The van der Waals surface area contributed by atoms with Crippen LogP contribution in [-0.4, -0.2) is 25.4 Å². The summed E-state index contributed by atoms with van der Waals surface area (Å²) in [6, 6.07) is 16.7. The molecule has 3 nitrogen and oxygen atoms in total. The largest absolute Gasteiger partial charge is 0.497 e. The van der Waals surface area contributed by atoms with Crippen molar-refractivity contribution in [2.75, 3.05) is 7.11 Å². The summed E-state index contributed by atoms with van der Waals surface area (Å²) in [6.45, 7) is 8.30. The monoisotopic (exact) mass is 324 g/mol. The second-order valence-corrected chi connectivity index (χ2v) is 7.35. The van der Waals surface area contributed by atoms with Crippen molar-refractivity contribution < 1.29 is 14.0 Å². The fourth-order valence-electron chi connectivity index (χ4n) is 2.75. The molecule has 0 bridgehead atoms. The van der Waals surface area contributed by atoms with Crippen molar-refractivity contribution in [1.29, 1.82) is 0 Å². The molecule has 4 heteroatoms. The van der Waals surface area contributed by atoms with E-state index in [1.54, 1.807) is 7.11 Å². The molecular weight excluding hydrogens is 299 g/mol. The molecular formula is C20H25BO3. The van der Waals surface area contributed by atoms with E-state index in [2.05, 4.69) is 64.1 Å². The zero-order chi connectivity index (χ0) is 17.4. The summed E-state index contributed by atoms with van der Waals surface area (Å²) in [5.74, 6) is 0.884. The van der Waals surface area contributed by atoms with Gasteiger partial charge in [0.25, 0.3) is 0 Å². The van der Waals surface area contributed by atoms with Gasteiger partial charge in [-0.1, -0.05) is 36.4 Å². The van der Waals surface area contributed by atoms with E-state index in [4.69, 9.17) is 14.0 Å². The molecule has 2 aromatic rings. The van der Waals surface area contributed by atoms with Gasteiger partial charge < -0.3 is 14.0 Å². The molecule has 0 radical (unpaired) electrons. The molecule has 1 aliphatic rings. The molecule has 1 aliphatic heterocycles. The van der Waals surface area contributed by atoms with Crippen molar-refractivity contribution in [3.05, 3.63) is 59.7 Å². The third kappa shape index (κ3) is 3.35. The maximum Gasteiger partial charge on any atom is 0.494 e. The summed E-state index contributed by atoms with van der Waals surface area (Å²) in [5.41, 5.74) is 2.98. The van der Waals surface area contributed by atoms with Crippen LogP contribution in [0.3, 0.4) is 0 Å². The van der Waals surface area contributed by atoms with Gasteiger partial charge in [0, 0.05) is 0 Å². The van der Waals surface area contributed by atoms with Crippen molar-refractivity contribution in [3.8, 4) is 5.75 Å². The van der Waals surface area contributed by atoms with Gasteiger partial charge in [0.05, 0.1) is 18.3 Å². The molecule has 1 fully saturated rings. The molecule has 0 amide bonds. The predicted octanol–water partition coefficient (Wildman–Crippen LogP) is 3.59. The summed E-state index contributed by atoms with van der Waals surface area (Å²) in [7, 11) is 1.38. The van der Waals surface area contributed by atoms with Crippen LogP contribution in [0.25, 0.3) is 0 Å². The number of hydrogen-bond donors (Lipinski definition) is 0. The van der Waals surface area contributed by atoms with E-state index in [0.717, 1.165) is 17.6 Å². The van der Waals surface area contributed by atoms with Gasteiger partial charge in [-0.05, 0) is 62.8 Å². The Kier molecular flexibility index (Phi) is 4.45. The van der Waals surface area contributed by atoms with Crippen molar-refractivity contribution in [2.24, 2.45) is 0 Å². The Morgan fingerprint density at radius 3 is 1.71 bits per heavy atom. The lowest BCUT2D eigenvalue weighted by Crippen LogP contribution is -2.41. The maximum atomic E-state index is 6.10. The summed E-state index contributed by atoms with van der Waals surface area (Å²) in [4.78, 5) is 0. The van der Waals surface area contributed by atoms with Gasteiger partial charge in [0.2, 0.25) is 0 Å². The van der Waals surface area contributed by atoms with Gasteiger partial charge in [0.15, 0.2) is 0 Å². The minimum Gasteiger partial charge on any atom is -0.497 e. The van der Waals surface area contributed by atoms with Crippen LogP contribution in [0.2, 0.25) is 0 Å². The first-order valence-electron chi connectivity index (χ1n) is 8.38. The fraction of sp³-hybridized carbons (Fsp3) is 0.400. The maximum absolute atomic E-state index is 6.10. The molecule has 0 saturated carbocycles. The highest BCUT2D eigenvalue weighted by Gasteiger charge is 2.51. The van der Waals surface area contributed by atoms with E-state index in [0.29, 0.717) is 0 Å². The lowest BCUT2D eigenvalue weighted by atomic mass is 9.78. The Morgan fingerprint density at radius 1 is 0.792 bits per heavy atom. The van der Waals surface area contributed by atoms with Gasteiger partial charge in [-0.25, -0.2) is 0 Å². The standard InChI is InChI=1S/C20H25BO3/c1-19(2)20(3,4)24-21(23-19)17-10-6-15(7-11-17)14-16-8-12-18(22-5)13-9-16/h6-13H,14H2,1-5H3. The SMILES string of the molecule is COc1ccc(Cc2ccc(B3OC(C)(C)C(C)(C)O3)cc2)cc1.